The Morgan fingerprint density at radius 3 is 2.29 bits per heavy atom. The van der Waals surface area contributed by atoms with Crippen LogP contribution in [0.4, 0.5) is 16.2 Å². The molecular weight excluding hydrogens is 218 g/mol. The number of carboxylic acid groups (broad SMARTS) is 1. The average molecular weight is 233 g/mol. The Morgan fingerprint density at radius 2 is 1.76 bits per heavy atom. The molecule has 0 radical (unpaired) electrons. The van der Waals surface area contributed by atoms with Crippen LogP contribution in [0, 0.1) is 5.41 Å². The highest BCUT2D eigenvalue weighted by Gasteiger charge is 2.53. The van der Waals surface area contributed by atoms with Crippen molar-refractivity contribution >= 4 is 17.5 Å². The third kappa shape index (κ3) is 1.58. The molecule has 0 unspecified atom stereocenters. The summed E-state index contributed by atoms with van der Waals surface area (Å²) in [6, 6.07) is 7.81. The van der Waals surface area contributed by atoms with Crippen molar-refractivity contribution in [1.82, 2.24) is 4.90 Å². The topological polar surface area (TPSA) is 69.8 Å². The minimum atomic E-state index is -0.804. The first kappa shape index (κ1) is 10.3. The number of hydrogen-bond acceptors (Lipinski definition) is 3. The molecule has 2 aliphatic rings. The van der Waals surface area contributed by atoms with Crippen LogP contribution >= 0.6 is 0 Å². The van der Waals surface area contributed by atoms with Crippen molar-refractivity contribution in [3.05, 3.63) is 24.3 Å². The lowest BCUT2D eigenvalue weighted by Gasteiger charge is -2.60. The van der Waals surface area contributed by atoms with Gasteiger partial charge in [-0.15, -0.1) is 0 Å². The first-order valence-corrected chi connectivity index (χ1v) is 5.66. The summed E-state index contributed by atoms with van der Waals surface area (Å²) in [5.41, 5.74) is 7.78. The minimum absolute atomic E-state index is 0.208. The van der Waals surface area contributed by atoms with E-state index < -0.39 is 6.09 Å². The van der Waals surface area contributed by atoms with Crippen LogP contribution < -0.4 is 10.6 Å². The third-order valence-electron chi connectivity index (χ3n) is 3.63. The molecular formula is C12H15N3O2. The van der Waals surface area contributed by atoms with Crippen LogP contribution in [0.15, 0.2) is 24.3 Å². The predicted octanol–water partition coefficient (Wildman–Crippen LogP) is 1.07. The molecule has 1 spiro atoms. The molecule has 5 heteroatoms. The zero-order valence-electron chi connectivity index (χ0n) is 9.47. The Balaban J connectivity index is 1.59. The Labute approximate surface area is 99.4 Å². The highest BCUT2D eigenvalue weighted by Crippen LogP contribution is 2.41. The first-order chi connectivity index (χ1) is 8.08. The van der Waals surface area contributed by atoms with Crippen molar-refractivity contribution < 1.29 is 9.90 Å². The number of anilines is 2. The molecule has 17 heavy (non-hydrogen) atoms. The van der Waals surface area contributed by atoms with E-state index in [0.29, 0.717) is 13.1 Å². The van der Waals surface area contributed by atoms with E-state index in [4.69, 9.17) is 10.8 Å². The lowest BCUT2D eigenvalue weighted by Crippen LogP contribution is -2.73. The molecule has 3 rings (SSSR count). The van der Waals surface area contributed by atoms with E-state index in [-0.39, 0.29) is 5.41 Å². The van der Waals surface area contributed by atoms with E-state index in [1.54, 1.807) is 0 Å². The lowest BCUT2D eigenvalue weighted by atomic mass is 9.73. The number of amides is 1. The SMILES string of the molecule is Nc1ccc(N2CC3(CN(C(=O)O)C3)C2)cc1. The van der Waals surface area contributed by atoms with Gasteiger partial charge in [-0.3, -0.25) is 0 Å². The Kier molecular flexibility index (Phi) is 1.98. The van der Waals surface area contributed by atoms with Crippen molar-refractivity contribution in [3.8, 4) is 0 Å². The van der Waals surface area contributed by atoms with Gasteiger partial charge < -0.3 is 20.6 Å². The summed E-state index contributed by atoms with van der Waals surface area (Å²) in [5, 5.41) is 8.80. The maximum atomic E-state index is 10.7. The summed E-state index contributed by atoms with van der Waals surface area (Å²) in [4.78, 5) is 14.4. The van der Waals surface area contributed by atoms with Gasteiger partial charge in [0.15, 0.2) is 0 Å². The molecule has 3 N–H and O–H groups in total. The molecule has 2 saturated heterocycles. The molecule has 1 aromatic carbocycles. The number of nitrogens with zero attached hydrogens (tertiary/aromatic N) is 2. The normalized spacial score (nSPS) is 20.9. The van der Waals surface area contributed by atoms with Crippen LogP contribution in [0.5, 0.6) is 0 Å². The van der Waals surface area contributed by atoms with Gasteiger partial charge in [0.05, 0.1) is 0 Å². The molecule has 0 bridgehead atoms. The van der Waals surface area contributed by atoms with Crippen molar-refractivity contribution in [2.45, 2.75) is 0 Å². The number of hydrogen-bond donors (Lipinski definition) is 2. The summed E-state index contributed by atoms with van der Waals surface area (Å²) in [7, 11) is 0. The van der Waals surface area contributed by atoms with Gasteiger partial charge in [-0.25, -0.2) is 4.79 Å². The zero-order valence-corrected chi connectivity index (χ0v) is 9.47. The highest BCUT2D eigenvalue weighted by atomic mass is 16.4. The van der Waals surface area contributed by atoms with Gasteiger partial charge in [-0.2, -0.15) is 0 Å². The quantitative estimate of drug-likeness (QED) is 0.712. The molecule has 0 atom stereocenters. The number of nitrogens with two attached hydrogens (primary N) is 1. The van der Waals surface area contributed by atoms with E-state index in [2.05, 4.69) is 4.90 Å². The number of nitrogen functional groups attached to an aromatic ring is 1. The van der Waals surface area contributed by atoms with Gasteiger partial charge in [0.1, 0.15) is 0 Å². The van der Waals surface area contributed by atoms with E-state index in [1.807, 2.05) is 24.3 Å². The van der Waals surface area contributed by atoms with Crippen molar-refractivity contribution in [3.63, 3.8) is 0 Å². The molecule has 2 heterocycles. The van der Waals surface area contributed by atoms with E-state index >= 15 is 0 Å². The van der Waals surface area contributed by atoms with Crippen molar-refractivity contribution in [2.24, 2.45) is 5.41 Å². The van der Waals surface area contributed by atoms with Crippen LogP contribution in [0.3, 0.4) is 0 Å². The van der Waals surface area contributed by atoms with Crippen molar-refractivity contribution in [1.29, 1.82) is 0 Å². The fourth-order valence-corrected chi connectivity index (χ4v) is 2.73. The van der Waals surface area contributed by atoms with Crippen LogP contribution in [0.1, 0.15) is 0 Å². The summed E-state index contributed by atoms with van der Waals surface area (Å²) in [6.07, 6.45) is -0.804. The fraction of sp³-hybridized carbons (Fsp3) is 0.417. The van der Waals surface area contributed by atoms with Crippen LogP contribution in [0.25, 0.3) is 0 Å². The number of rotatable bonds is 1. The average Bonchev–Trinajstić information content (AvgIpc) is 2.15. The number of benzene rings is 1. The third-order valence-corrected chi connectivity index (χ3v) is 3.63. The van der Waals surface area contributed by atoms with Crippen LogP contribution in [-0.4, -0.2) is 42.3 Å². The van der Waals surface area contributed by atoms with Gasteiger partial charge in [-0.05, 0) is 24.3 Å². The Morgan fingerprint density at radius 1 is 1.18 bits per heavy atom. The van der Waals surface area contributed by atoms with E-state index in [0.717, 1.165) is 18.8 Å². The maximum absolute atomic E-state index is 10.7. The van der Waals surface area contributed by atoms with Crippen LogP contribution in [0.2, 0.25) is 0 Å². The molecule has 0 aromatic heterocycles. The van der Waals surface area contributed by atoms with E-state index in [1.165, 1.54) is 10.6 Å². The second-order valence-electron chi connectivity index (χ2n) is 5.09. The molecule has 90 valence electrons. The Bertz CT molecular complexity index is 443. The summed E-state index contributed by atoms with van der Waals surface area (Å²) < 4.78 is 0. The van der Waals surface area contributed by atoms with Gasteiger partial charge >= 0.3 is 6.09 Å². The number of carbonyl (C=O) groups is 1. The van der Waals surface area contributed by atoms with Crippen molar-refractivity contribution in [2.75, 3.05) is 36.8 Å². The summed E-state index contributed by atoms with van der Waals surface area (Å²) in [5.74, 6) is 0. The minimum Gasteiger partial charge on any atom is -0.465 e. The lowest BCUT2D eigenvalue weighted by molar-refractivity contribution is -0.00941. The summed E-state index contributed by atoms with van der Waals surface area (Å²) >= 11 is 0. The Hall–Kier alpha value is -1.91. The molecule has 1 aromatic rings. The van der Waals surface area contributed by atoms with E-state index in [9.17, 15) is 4.79 Å². The monoisotopic (exact) mass is 233 g/mol. The fourth-order valence-electron chi connectivity index (χ4n) is 2.73. The smallest absolute Gasteiger partial charge is 0.407 e. The van der Waals surface area contributed by atoms with Gasteiger partial charge in [0.25, 0.3) is 0 Å². The first-order valence-electron chi connectivity index (χ1n) is 5.66. The van der Waals surface area contributed by atoms with Gasteiger partial charge in [-0.1, -0.05) is 0 Å². The second kappa shape index (κ2) is 3.29. The molecule has 2 fully saturated rings. The predicted molar refractivity (Wildman–Crippen MR) is 65.1 cm³/mol. The molecule has 1 amide bonds. The summed E-state index contributed by atoms with van der Waals surface area (Å²) in [6.45, 7) is 3.24. The standard InChI is InChI=1S/C12H15N3O2/c13-9-1-3-10(4-2-9)14-5-12(6-14)7-15(8-12)11(16)17/h1-4H,5-8,13H2,(H,16,17). The van der Waals surface area contributed by atoms with Gasteiger partial charge in [0.2, 0.25) is 0 Å². The maximum Gasteiger partial charge on any atom is 0.407 e. The zero-order chi connectivity index (χ0) is 12.0. The van der Waals surface area contributed by atoms with Crippen LogP contribution in [-0.2, 0) is 0 Å². The molecule has 2 aliphatic heterocycles. The second-order valence-corrected chi connectivity index (χ2v) is 5.09. The number of likely N-dealkylation sites (tertiary alicyclic amines) is 1. The molecule has 5 nitrogen and oxygen atoms in total. The largest absolute Gasteiger partial charge is 0.465 e. The highest BCUT2D eigenvalue weighted by molar-refractivity contribution is 5.67. The van der Waals surface area contributed by atoms with Gasteiger partial charge in [0, 0.05) is 43.0 Å². The molecule has 0 aliphatic carbocycles. The molecule has 0 saturated carbocycles.